The summed E-state index contributed by atoms with van der Waals surface area (Å²) in [4.78, 5) is 11.7. The smallest absolute Gasteiger partial charge is 0.319 e. The Balaban J connectivity index is 2.49. The Kier molecular flexibility index (Phi) is 5.76. The average Bonchev–Trinajstić information content (AvgIpc) is 2.44. The molecule has 0 aliphatic heterocycles. The molecule has 0 unspecified atom stereocenters. The second-order valence-corrected chi connectivity index (χ2v) is 4.68. The number of urea groups is 1. The highest BCUT2D eigenvalue weighted by molar-refractivity contribution is 5.89. The molecule has 1 rings (SSSR count). The molecule has 0 radical (unpaired) electrons. The molecule has 0 atom stereocenters. The molecular formula is C14H21FN2O2. The van der Waals surface area contributed by atoms with Gasteiger partial charge in [0, 0.05) is 17.6 Å². The molecule has 0 saturated heterocycles. The largest absolute Gasteiger partial charge is 0.396 e. The zero-order chi connectivity index (χ0) is 14.3. The van der Waals surface area contributed by atoms with Crippen molar-refractivity contribution in [3.63, 3.8) is 0 Å². The zero-order valence-corrected chi connectivity index (χ0v) is 11.4. The van der Waals surface area contributed by atoms with Gasteiger partial charge in [0.15, 0.2) is 0 Å². The van der Waals surface area contributed by atoms with Crippen LogP contribution >= 0.6 is 0 Å². The van der Waals surface area contributed by atoms with Gasteiger partial charge in [-0.25, -0.2) is 9.18 Å². The molecule has 4 nitrogen and oxygen atoms in total. The molecule has 3 N–H and O–H groups in total. The predicted octanol–water partition coefficient (Wildman–Crippen LogP) is 2.75. The van der Waals surface area contributed by atoms with Crippen LogP contribution in [0.3, 0.4) is 0 Å². The van der Waals surface area contributed by atoms with Gasteiger partial charge in [0.2, 0.25) is 0 Å². The zero-order valence-electron chi connectivity index (χ0n) is 11.4. The van der Waals surface area contributed by atoms with Crippen LogP contribution in [0.2, 0.25) is 0 Å². The molecular weight excluding hydrogens is 247 g/mol. The number of aliphatic hydroxyl groups excluding tert-OH is 1. The third kappa shape index (κ3) is 4.52. The van der Waals surface area contributed by atoms with E-state index in [1.54, 1.807) is 0 Å². The van der Waals surface area contributed by atoms with E-state index in [-0.39, 0.29) is 23.9 Å². The highest BCUT2D eigenvalue weighted by atomic mass is 19.1. The van der Waals surface area contributed by atoms with Crippen LogP contribution in [0.4, 0.5) is 14.9 Å². The second-order valence-electron chi connectivity index (χ2n) is 4.68. The number of rotatable bonds is 6. The van der Waals surface area contributed by atoms with Crippen LogP contribution in [-0.2, 0) is 0 Å². The van der Waals surface area contributed by atoms with Gasteiger partial charge in [-0.1, -0.05) is 13.8 Å². The maximum absolute atomic E-state index is 12.7. The van der Waals surface area contributed by atoms with Crippen LogP contribution in [0.25, 0.3) is 0 Å². The first kappa shape index (κ1) is 15.4. The molecule has 0 heterocycles. The lowest BCUT2D eigenvalue weighted by Crippen LogP contribution is -2.41. The molecule has 0 aromatic heterocycles. The summed E-state index contributed by atoms with van der Waals surface area (Å²) < 4.78 is 12.7. The fraction of sp³-hybridized carbons (Fsp3) is 0.500. The van der Waals surface area contributed by atoms with Gasteiger partial charge >= 0.3 is 6.03 Å². The summed E-state index contributed by atoms with van der Waals surface area (Å²) in [6.45, 7) is 4.42. The molecule has 1 aromatic rings. The topological polar surface area (TPSA) is 61.4 Å². The Labute approximate surface area is 113 Å². The quantitative estimate of drug-likeness (QED) is 0.743. The van der Waals surface area contributed by atoms with E-state index in [0.29, 0.717) is 12.2 Å². The maximum Gasteiger partial charge on any atom is 0.319 e. The lowest BCUT2D eigenvalue weighted by Gasteiger charge is -2.29. The first-order chi connectivity index (χ1) is 9.05. The van der Waals surface area contributed by atoms with Crippen molar-refractivity contribution in [2.75, 3.05) is 18.5 Å². The molecule has 0 aliphatic carbocycles. The van der Waals surface area contributed by atoms with E-state index >= 15 is 0 Å². The van der Waals surface area contributed by atoms with Crippen LogP contribution in [-0.4, -0.2) is 24.3 Å². The van der Waals surface area contributed by atoms with E-state index in [0.717, 1.165) is 12.8 Å². The molecule has 0 bridgehead atoms. The van der Waals surface area contributed by atoms with Gasteiger partial charge in [-0.05, 0) is 37.1 Å². The third-order valence-electron chi connectivity index (χ3n) is 3.56. The summed E-state index contributed by atoms with van der Waals surface area (Å²) in [6.07, 6.45) is 1.58. The predicted molar refractivity (Wildman–Crippen MR) is 73.5 cm³/mol. The van der Waals surface area contributed by atoms with Crippen LogP contribution in [0, 0.1) is 11.2 Å². The Morgan fingerprint density at radius 2 is 1.84 bits per heavy atom. The number of carbonyl (C=O) groups is 1. The summed E-state index contributed by atoms with van der Waals surface area (Å²) in [5, 5.41) is 14.7. The SMILES string of the molecule is CCC(CC)(CO)CNC(=O)Nc1ccc(F)cc1. The number of hydrogen-bond donors (Lipinski definition) is 3. The summed E-state index contributed by atoms with van der Waals surface area (Å²) in [7, 11) is 0. The monoisotopic (exact) mass is 268 g/mol. The third-order valence-corrected chi connectivity index (χ3v) is 3.56. The van der Waals surface area contributed by atoms with Crippen LogP contribution in [0.15, 0.2) is 24.3 Å². The molecule has 0 aliphatic rings. The molecule has 0 saturated carbocycles. The highest BCUT2D eigenvalue weighted by Gasteiger charge is 2.25. The molecule has 1 aromatic carbocycles. The molecule has 19 heavy (non-hydrogen) atoms. The average molecular weight is 268 g/mol. The van der Waals surface area contributed by atoms with Gasteiger partial charge in [0.05, 0.1) is 6.61 Å². The summed E-state index contributed by atoms with van der Waals surface area (Å²) >= 11 is 0. The van der Waals surface area contributed by atoms with Gasteiger partial charge in [0.1, 0.15) is 5.82 Å². The van der Waals surface area contributed by atoms with Crippen LogP contribution in [0.5, 0.6) is 0 Å². The molecule has 0 spiro atoms. The minimum absolute atomic E-state index is 0.0385. The fourth-order valence-corrected chi connectivity index (χ4v) is 1.76. The minimum atomic E-state index is -0.355. The maximum atomic E-state index is 12.7. The number of anilines is 1. The van der Waals surface area contributed by atoms with Gasteiger partial charge < -0.3 is 15.7 Å². The number of aliphatic hydroxyl groups is 1. The van der Waals surface area contributed by atoms with Crippen LogP contribution < -0.4 is 10.6 Å². The van der Waals surface area contributed by atoms with E-state index in [4.69, 9.17) is 0 Å². The van der Waals surface area contributed by atoms with Gasteiger partial charge in [0.25, 0.3) is 0 Å². The van der Waals surface area contributed by atoms with E-state index in [1.807, 2.05) is 13.8 Å². The summed E-state index contributed by atoms with van der Waals surface area (Å²) in [5.41, 5.74) is 0.252. The van der Waals surface area contributed by atoms with E-state index in [1.165, 1.54) is 24.3 Å². The Hall–Kier alpha value is -1.62. The first-order valence-electron chi connectivity index (χ1n) is 6.46. The normalized spacial score (nSPS) is 11.2. The van der Waals surface area contributed by atoms with Crippen molar-refractivity contribution in [3.05, 3.63) is 30.1 Å². The molecule has 106 valence electrons. The van der Waals surface area contributed by atoms with Crippen molar-refractivity contribution in [1.82, 2.24) is 5.32 Å². The number of carbonyl (C=O) groups excluding carboxylic acids is 1. The molecule has 0 fully saturated rings. The van der Waals surface area contributed by atoms with Crippen molar-refractivity contribution < 1.29 is 14.3 Å². The van der Waals surface area contributed by atoms with Crippen molar-refractivity contribution in [3.8, 4) is 0 Å². The number of benzene rings is 1. The summed E-state index contributed by atoms with van der Waals surface area (Å²) in [5.74, 6) is -0.345. The molecule has 2 amide bonds. The molecule has 5 heteroatoms. The van der Waals surface area contributed by atoms with E-state index in [2.05, 4.69) is 10.6 Å². The first-order valence-corrected chi connectivity index (χ1v) is 6.46. The number of nitrogens with one attached hydrogen (secondary N) is 2. The van der Waals surface area contributed by atoms with Gasteiger partial charge in [-0.15, -0.1) is 0 Å². The van der Waals surface area contributed by atoms with Gasteiger partial charge in [-0.3, -0.25) is 0 Å². The summed E-state index contributed by atoms with van der Waals surface area (Å²) in [6, 6.07) is 5.20. The lowest BCUT2D eigenvalue weighted by atomic mass is 9.83. The lowest BCUT2D eigenvalue weighted by molar-refractivity contribution is 0.116. The van der Waals surface area contributed by atoms with Crippen molar-refractivity contribution >= 4 is 11.7 Å². The Bertz CT molecular complexity index is 394. The number of amides is 2. The van der Waals surface area contributed by atoms with Crippen molar-refractivity contribution in [1.29, 1.82) is 0 Å². The number of hydrogen-bond acceptors (Lipinski definition) is 2. The van der Waals surface area contributed by atoms with Crippen molar-refractivity contribution in [2.45, 2.75) is 26.7 Å². The van der Waals surface area contributed by atoms with Crippen LogP contribution in [0.1, 0.15) is 26.7 Å². The standard InChI is InChI=1S/C14H21FN2O2/c1-3-14(4-2,10-18)9-16-13(19)17-12-7-5-11(15)6-8-12/h5-8,18H,3-4,9-10H2,1-2H3,(H2,16,17,19). The Morgan fingerprint density at radius 3 is 2.32 bits per heavy atom. The number of halogens is 1. The minimum Gasteiger partial charge on any atom is -0.396 e. The second kappa shape index (κ2) is 7.09. The fourth-order valence-electron chi connectivity index (χ4n) is 1.76. The van der Waals surface area contributed by atoms with E-state index < -0.39 is 0 Å². The Morgan fingerprint density at radius 1 is 1.26 bits per heavy atom. The van der Waals surface area contributed by atoms with Crippen molar-refractivity contribution in [2.24, 2.45) is 5.41 Å². The highest BCUT2D eigenvalue weighted by Crippen LogP contribution is 2.24. The van der Waals surface area contributed by atoms with E-state index in [9.17, 15) is 14.3 Å². The van der Waals surface area contributed by atoms with Gasteiger partial charge in [-0.2, -0.15) is 0 Å².